The highest BCUT2D eigenvalue weighted by Gasteiger charge is 2.20. The normalized spacial score (nSPS) is 12.9. The van der Waals surface area contributed by atoms with Gasteiger partial charge in [-0.1, -0.05) is 6.92 Å². The van der Waals surface area contributed by atoms with Gasteiger partial charge in [-0.2, -0.15) is 11.8 Å². The first kappa shape index (κ1) is 17.7. The molecule has 0 saturated carbocycles. The summed E-state index contributed by atoms with van der Waals surface area (Å²) in [6.07, 6.45) is 2.64. The summed E-state index contributed by atoms with van der Waals surface area (Å²) in [6, 6.07) is 3.42. The Kier molecular flexibility index (Phi) is 6.40. The molecule has 1 atom stereocenters. The topological polar surface area (TPSA) is 127 Å². The van der Waals surface area contributed by atoms with Crippen molar-refractivity contribution < 1.29 is 13.3 Å². The lowest BCUT2D eigenvalue weighted by Crippen LogP contribution is -2.26. The smallest absolute Gasteiger partial charge is 0.293 e. The van der Waals surface area contributed by atoms with E-state index in [1.165, 1.54) is 6.07 Å². The highest BCUT2D eigenvalue weighted by atomic mass is 32.2. The van der Waals surface area contributed by atoms with Crippen LogP contribution in [-0.2, 0) is 10.0 Å². The van der Waals surface area contributed by atoms with Gasteiger partial charge in [0.05, 0.1) is 9.82 Å². The Labute approximate surface area is 127 Å². The maximum atomic E-state index is 12.1. The standard InChI is InChI=1S/C11H18N4O4S2/c1-8(20-2)5-6-13-21(18,19)9-3-4-11(15(16)17)10(7-9)14-12/h3-4,7-8,13-14H,5-6,12H2,1-2H3. The number of sulfonamides is 1. The molecule has 0 amide bonds. The molecular weight excluding hydrogens is 316 g/mol. The molecule has 118 valence electrons. The summed E-state index contributed by atoms with van der Waals surface area (Å²) in [5.74, 6) is 5.19. The van der Waals surface area contributed by atoms with Crippen LogP contribution < -0.4 is 16.0 Å². The second-order valence-corrected chi connectivity index (χ2v) is 7.36. The van der Waals surface area contributed by atoms with Crippen LogP contribution in [0.2, 0.25) is 0 Å². The fraction of sp³-hybridized carbons (Fsp3) is 0.455. The first-order valence-corrected chi connectivity index (χ1v) is 8.86. The molecule has 0 bridgehead atoms. The number of hydrazine groups is 1. The molecule has 10 heteroatoms. The van der Waals surface area contributed by atoms with E-state index in [0.717, 1.165) is 12.1 Å². The van der Waals surface area contributed by atoms with E-state index >= 15 is 0 Å². The zero-order valence-electron chi connectivity index (χ0n) is 11.7. The summed E-state index contributed by atoms with van der Waals surface area (Å²) in [5, 5.41) is 11.1. The minimum Gasteiger partial charge on any atom is -0.318 e. The lowest BCUT2D eigenvalue weighted by atomic mass is 10.3. The fourth-order valence-electron chi connectivity index (χ4n) is 1.55. The van der Waals surface area contributed by atoms with Crippen LogP contribution in [0.25, 0.3) is 0 Å². The minimum absolute atomic E-state index is 0.0552. The van der Waals surface area contributed by atoms with Crippen LogP contribution in [0.15, 0.2) is 23.1 Å². The van der Waals surface area contributed by atoms with Crippen molar-refractivity contribution in [3.8, 4) is 0 Å². The molecule has 8 nitrogen and oxygen atoms in total. The van der Waals surface area contributed by atoms with Crippen molar-refractivity contribution in [1.82, 2.24) is 4.72 Å². The summed E-state index contributed by atoms with van der Waals surface area (Å²) < 4.78 is 26.7. The van der Waals surface area contributed by atoms with E-state index in [1.54, 1.807) is 11.8 Å². The highest BCUT2D eigenvalue weighted by molar-refractivity contribution is 7.99. The van der Waals surface area contributed by atoms with E-state index in [1.807, 2.05) is 13.2 Å². The van der Waals surface area contributed by atoms with Gasteiger partial charge in [-0.05, 0) is 24.8 Å². The van der Waals surface area contributed by atoms with Gasteiger partial charge in [-0.25, -0.2) is 13.1 Å². The Balaban J connectivity index is 2.91. The number of thioether (sulfide) groups is 1. The molecule has 1 aromatic rings. The lowest BCUT2D eigenvalue weighted by Gasteiger charge is -2.11. The molecule has 1 unspecified atom stereocenters. The molecule has 0 saturated heterocycles. The van der Waals surface area contributed by atoms with Crippen LogP contribution in [0.4, 0.5) is 11.4 Å². The number of benzene rings is 1. The van der Waals surface area contributed by atoms with Crippen molar-refractivity contribution in [2.75, 3.05) is 18.2 Å². The van der Waals surface area contributed by atoms with Gasteiger partial charge in [0.25, 0.3) is 5.69 Å². The van der Waals surface area contributed by atoms with Gasteiger partial charge in [-0.15, -0.1) is 0 Å². The molecule has 0 spiro atoms. The second kappa shape index (κ2) is 7.59. The number of hydrogen-bond donors (Lipinski definition) is 3. The van der Waals surface area contributed by atoms with E-state index in [4.69, 9.17) is 5.84 Å². The number of anilines is 1. The molecule has 1 aromatic carbocycles. The average molecular weight is 334 g/mol. The van der Waals surface area contributed by atoms with E-state index in [-0.39, 0.29) is 16.3 Å². The van der Waals surface area contributed by atoms with Crippen LogP contribution in [0.5, 0.6) is 0 Å². The monoisotopic (exact) mass is 334 g/mol. The number of nitrogen functional groups attached to an aromatic ring is 1. The number of nitrogens with zero attached hydrogens (tertiary/aromatic N) is 1. The molecule has 0 aromatic heterocycles. The molecule has 1 rings (SSSR count). The average Bonchev–Trinajstić information content (AvgIpc) is 2.45. The van der Waals surface area contributed by atoms with Crippen molar-refractivity contribution in [3.05, 3.63) is 28.3 Å². The summed E-state index contributed by atoms with van der Waals surface area (Å²) in [6.45, 7) is 2.30. The van der Waals surface area contributed by atoms with Gasteiger partial charge in [0.1, 0.15) is 5.69 Å². The number of nitro groups is 1. The van der Waals surface area contributed by atoms with Crippen molar-refractivity contribution in [2.45, 2.75) is 23.5 Å². The summed E-state index contributed by atoms with van der Waals surface area (Å²) >= 11 is 1.65. The minimum atomic E-state index is -3.72. The van der Waals surface area contributed by atoms with Crippen molar-refractivity contribution in [1.29, 1.82) is 0 Å². The molecule has 4 N–H and O–H groups in total. The van der Waals surface area contributed by atoms with Gasteiger partial charge in [-0.3, -0.25) is 16.0 Å². The molecule has 0 radical (unpaired) electrons. The fourth-order valence-corrected chi connectivity index (χ4v) is 2.98. The number of hydrogen-bond acceptors (Lipinski definition) is 7. The quantitative estimate of drug-likeness (QED) is 0.371. The lowest BCUT2D eigenvalue weighted by molar-refractivity contribution is -0.384. The predicted molar refractivity (Wildman–Crippen MR) is 83.7 cm³/mol. The van der Waals surface area contributed by atoms with Crippen LogP contribution in [0, 0.1) is 10.1 Å². The first-order chi connectivity index (χ1) is 9.81. The maximum Gasteiger partial charge on any atom is 0.293 e. The Bertz CT molecular complexity index is 606. The van der Waals surface area contributed by atoms with Crippen molar-refractivity contribution in [3.63, 3.8) is 0 Å². The zero-order valence-corrected chi connectivity index (χ0v) is 13.3. The van der Waals surface area contributed by atoms with Crippen molar-refractivity contribution >= 4 is 33.2 Å². The van der Waals surface area contributed by atoms with E-state index in [9.17, 15) is 18.5 Å². The van der Waals surface area contributed by atoms with Crippen LogP contribution in [0.3, 0.4) is 0 Å². The van der Waals surface area contributed by atoms with Crippen LogP contribution >= 0.6 is 11.8 Å². The molecule has 0 fully saturated rings. The van der Waals surface area contributed by atoms with E-state index in [2.05, 4.69) is 10.1 Å². The van der Waals surface area contributed by atoms with E-state index < -0.39 is 14.9 Å². The first-order valence-electron chi connectivity index (χ1n) is 6.09. The Morgan fingerprint density at radius 2 is 2.14 bits per heavy atom. The Morgan fingerprint density at radius 1 is 1.48 bits per heavy atom. The number of rotatable bonds is 8. The molecule has 0 aliphatic carbocycles. The molecular formula is C11H18N4O4S2. The number of nitrogens with two attached hydrogens (primary N) is 1. The predicted octanol–water partition coefficient (Wildman–Crippen LogP) is 1.30. The summed E-state index contributed by atoms with van der Waals surface area (Å²) in [7, 11) is -3.72. The van der Waals surface area contributed by atoms with Gasteiger partial charge in [0.15, 0.2) is 0 Å². The largest absolute Gasteiger partial charge is 0.318 e. The van der Waals surface area contributed by atoms with E-state index in [0.29, 0.717) is 18.2 Å². The second-order valence-electron chi connectivity index (χ2n) is 4.31. The number of nitrogens with one attached hydrogen (secondary N) is 2. The summed E-state index contributed by atoms with van der Waals surface area (Å²) in [4.78, 5) is 10.1. The van der Waals surface area contributed by atoms with Crippen LogP contribution in [-0.4, -0.2) is 31.4 Å². The third kappa shape index (κ3) is 4.84. The van der Waals surface area contributed by atoms with Crippen molar-refractivity contribution in [2.24, 2.45) is 5.84 Å². The Morgan fingerprint density at radius 3 is 2.67 bits per heavy atom. The Hall–Kier alpha value is -1.36. The maximum absolute atomic E-state index is 12.1. The number of nitro benzene ring substituents is 1. The third-order valence-electron chi connectivity index (χ3n) is 2.88. The SMILES string of the molecule is CSC(C)CCNS(=O)(=O)c1ccc([N+](=O)[O-])c(NN)c1. The molecule has 0 aliphatic rings. The molecule has 0 heterocycles. The summed E-state index contributed by atoms with van der Waals surface area (Å²) in [5.41, 5.74) is 1.80. The van der Waals surface area contributed by atoms with Gasteiger partial charge >= 0.3 is 0 Å². The third-order valence-corrected chi connectivity index (χ3v) is 5.37. The van der Waals surface area contributed by atoms with Gasteiger partial charge in [0, 0.05) is 17.9 Å². The molecule has 0 aliphatic heterocycles. The van der Waals surface area contributed by atoms with Gasteiger partial charge in [0.2, 0.25) is 10.0 Å². The zero-order chi connectivity index (χ0) is 16.0. The van der Waals surface area contributed by atoms with Gasteiger partial charge < -0.3 is 5.43 Å². The molecule has 21 heavy (non-hydrogen) atoms. The highest BCUT2D eigenvalue weighted by Crippen LogP contribution is 2.26. The van der Waals surface area contributed by atoms with Crippen LogP contribution in [0.1, 0.15) is 13.3 Å².